The number of imidazole rings is 1. The highest BCUT2D eigenvalue weighted by molar-refractivity contribution is 6.06. The number of ketones is 1. The Morgan fingerprint density at radius 2 is 2.03 bits per heavy atom. The Morgan fingerprint density at radius 3 is 2.82 bits per heavy atom. The number of hydrogen-bond acceptors (Lipinski definition) is 7. The number of unbranched alkanes of at least 4 members (excludes halogenated alkanes) is 3. The van der Waals surface area contributed by atoms with E-state index in [1.54, 1.807) is 31.0 Å². The van der Waals surface area contributed by atoms with Gasteiger partial charge in [-0.2, -0.15) is 5.10 Å². The van der Waals surface area contributed by atoms with Gasteiger partial charge in [-0.25, -0.2) is 9.97 Å². The molecule has 4 aromatic heterocycles. The summed E-state index contributed by atoms with van der Waals surface area (Å²) in [5.74, 6) is 0.866. The number of aromatic nitrogens is 6. The van der Waals surface area contributed by atoms with E-state index in [1.807, 2.05) is 13.0 Å². The summed E-state index contributed by atoms with van der Waals surface area (Å²) >= 11 is 0. The van der Waals surface area contributed by atoms with Crippen molar-refractivity contribution < 1.29 is 9.59 Å². The van der Waals surface area contributed by atoms with Crippen LogP contribution in [0.15, 0.2) is 41.5 Å². The summed E-state index contributed by atoms with van der Waals surface area (Å²) in [4.78, 5) is 46.1. The molecule has 3 N–H and O–H groups in total. The van der Waals surface area contributed by atoms with Crippen molar-refractivity contribution in [3.05, 3.63) is 47.7 Å². The lowest BCUT2D eigenvalue weighted by molar-refractivity contribution is -0.121. The Balaban J connectivity index is 1.33. The van der Waals surface area contributed by atoms with Gasteiger partial charge in [0.2, 0.25) is 5.91 Å². The molecule has 0 radical (unpaired) electrons. The van der Waals surface area contributed by atoms with Crippen molar-refractivity contribution in [3.8, 4) is 11.5 Å². The predicted octanol–water partition coefficient (Wildman–Crippen LogP) is 5.44. The van der Waals surface area contributed by atoms with Crippen LogP contribution in [0.4, 0.5) is 0 Å². The highest BCUT2D eigenvalue weighted by Crippen LogP contribution is 2.29. The number of aromatic amines is 2. The quantitative estimate of drug-likeness (QED) is 0.120. The molecule has 0 saturated heterocycles. The van der Waals surface area contributed by atoms with Crippen molar-refractivity contribution in [3.63, 3.8) is 0 Å². The zero-order chi connectivity index (χ0) is 27.2. The summed E-state index contributed by atoms with van der Waals surface area (Å²) in [7, 11) is 0. The number of nitrogens with one attached hydrogen (secondary N) is 3. The number of allylic oxidation sites excluding steroid dienone is 1. The van der Waals surface area contributed by atoms with Gasteiger partial charge in [0, 0.05) is 49.3 Å². The summed E-state index contributed by atoms with van der Waals surface area (Å²) in [6.07, 6.45) is 16.5. The molecule has 0 atom stereocenters. The molecule has 0 aliphatic heterocycles. The van der Waals surface area contributed by atoms with Gasteiger partial charge in [0.1, 0.15) is 11.2 Å². The highest BCUT2D eigenvalue weighted by Gasteiger charge is 2.29. The fourth-order valence-corrected chi connectivity index (χ4v) is 4.45. The van der Waals surface area contributed by atoms with E-state index in [2.05, 4.69) is 42.4 Å². The van der Waals surface area contributed by atoms with Crippen LogP contribution in [0.5, 0.6) is 0 Å². The van der Waals surface area contributed by atoms with Crippen LogP contribution in [0.25, 0.3) is 33.6 Å². The number of aliphatic imine (C=N–C) groups is 1. The Labute approximate surface area is 226 Å². The second kappa shape index (κ2) is 12.1. The first-order chi connectivity index (χ1) is 19.1. The van der Waals surface area contributed by atoms with Crippen LogP contribution in [0.3, 0.4) is 0 Å². The molecule has 10 nitrogen and oxygen atoms in total. The molecule has 1 fully saturated rings. The van der Waals surface area contributed by atoms with E-state index in [0.29, 0.717) is 53.0 Å². The van der Waals surface area contributed by atoms with Crippen LogP contribution in [0.2, 0.25) is 0 Å². The van der Waals surface area contributed by atoms with Crippen molar-refractivity contribution in [1.82, 2.24) is 35.5 Å². The van der Waals surface area contributed by atoms with E-state index < -0.39 is 0 Å². The van der Waals surface area contributed by atoms with Crippen molar-refractivity contribution in [2.75, 3.05) is 0 Å². The van der Waals surface area contributed by atoms with Crippen LogP contribution in [0.1, 0.15) is 81.1 Å². The average Bonchev–Trinajstić information content (AvgIpc) is 3.58. The van der Waals surface area contributed by atoms with Crippen molar-refractivity contribution in [2.24, 2.45) is 10.9 Å². The summed E-state index contributed by atoms with van der Waals surface area (Å²) in [6, 6.07) is 2.01. The van der Waals surface area contributed by atoms with Crippen LogP contribution >= 0.6 is 0 Å². The van der Waals surface area contributed by atoms with Crippen molar-refractivity contribution >= 4 is 40.0 Å². The third-order valence-corrected chi connectivity index (χ3v) is 6.92. The molecular formula is C29H34N8O2. The van der Waals surface area contributed by atoms with Gasteiger partial charge in [-0.05, 0) is 37.3 Å². The van der Waals surface area contributed by atoms with E-state index in [0.717, 1.165) is 55.2 Å². The topological polar surface area (TPSA) is 142 Å². The van der Waals surface area contributed by atoms with Crippen molar-refractivity contribution in [1.29, 1.82) is 0 Å². The molecule has 202 valence electrons. The molecule has 10 heteroatoms. The van der Waals surface area contributed by atoms with Crippen molar-refractivity contribution in [2.45, 2.75) is 71.6 Å². The van der Waals surface area contributed by atoms with E-state index in [9.17, 15) is 9.59 Å². The summed E-state index contributed by atoms with van der Waals surface area (Å²) in [6.45, 7) is 4.15. The van der Waals surface area contributed by atoms with Crippen LogP contribution in [-0.4, -0.2) is 48.0 Å². The highest BCUT2D eigenvalue weighted by atomic mass is 16.2. The lowest BCUT2D eigenvalue weighted by Crippen LogP contribution is -2.23. The lowest BCUT2D eigenvalue weighted by Gasteiger charge is -2.05. The van der Waals surface area contributed by atoms with Gasteiger partial charge in [0.15, 0.2) is 17.3 Å². The number of Topliss-reactive ketones (excluding diaryl/α,β-unsaturated/α-hetero) is 1. The number of rotatable bonds is 13. The molecule has 0 spiro atoms. The first-order valence-electron chi connectivity index (χ1n) is 13.8. The summed E-state index contributed by atoms with van der Waals surface area (Å²) < 4.78 is 0. The second-order valence-electron chi connectivity index (χ2n) is 10.0. The lowest BCUT2D eigenvalue weighted by atomic mass is 10.0. The number of pyridine rings is 2. The number of hydrogen-bond donors (Lipinski definition) is 3. The Morgan fingerprint density at radius 1 is 1.15 bits per heavy atom. The van der Waals surface area contributed by atoms with Gasteiger partial charge in [0.25, 0.3) is 0 Å². The third-order valence-electron chi connectivity index (χ3n) is 6.92. The Kier molecular flexibility index (Phi) is 8.19. The largest absolute Gasteiger partial charge is 0.335 e. The van der Waals surface area contributed by atoms with E-state index in [4.69, 9.17) is 4.98 Å². The van der Waals surface area contributed by atoms with Crippen LogP contribution in [-0.2, 0) is 11.2 Å². The molecule has 0 bridgehead atoms. The summed E-state index contributed by atoms with van der Waals surface area (Å²) in [5.41, 5.74) is 4.89. The van der Waals surface area contributed by atoms with Gasteiger partial charge >= 0.3 is 0 Å². The normalized spacial score (nSPS) is 14.1. The molecule has 0 unspecified atom stereocenters. The van der Waals surface area contributed by atoms with Gasteiger partial charge in [0.05, 0.1) is 22.7 Å². The molecule has 39 heavy (non-hydrogen) atoms. The summed E-state index contributed by atoms with van der Waals surface area (Å²) in [5, 5.41) is 11.2. The van der Waals surface area contributed by atoms with Crippen LogP contribution in [0, 0.1) is 5.92 Å². The molecule has 5 rings (SSSR count). The predicted molar refractivity (Wildman–Crippen MR) is 151 cm³/mol. The monoisotopic (exact) mass is 526 g/mol. The zero-order valence-corrected chi connectivity index (χ0v) is 22.5. The molecule has 0 aromatic carbocycles. The van der Waals surface area contributed by atoms with Gasteiger partial charge in [-0.3, -0.25) is 24.7 Å². The second-order valence-corrected chi connectivity index (χ2v) is 10.0. The molecule has 1 saturated carbocycles. The minimum absolute atomic E-state index is 0.0600. The number of fused-ring (bicyclic) bond motifs is 2. The number of carbonyl (C=O) groups excluding carboxylic acids is 2. The SMILES string of the molecule is CCCCCCC(=O)c1cncc2[nH]c(-c3n[nH]c4ncc(C/C=N\C=C(/CC)NC(=O)C5CC5)cc34)nc12. The number of H-pyrrole nitrogens is 2. The first kappa shape index (κ1) is 26.4. The molecule has 1 amide bonds. The average molecular weight is 527 g/mol. The fourth-order valence-electron chi connectivity index (χ4n) is 4.45. The Hall–Kier alpha value is -4.21. The minimum Gasteiger partial charge on any atom is -0.335 e. The number of amides is 1. The van der Waals surface area contributed by atoms with E-state index in [1.165, 1.54) is 0 Å². The van der Waals surface area contributed by atoms with E-state index >= 15 is 0 Å². The smallest absolute Gasteiger partial charge is 0.227 e. The van der Waals surface area contributed by atoms with Crippen LogP contribution < -0.4 is 5.32 Å². The molecule has 4 aromatic rings. The molecule has 4 heterocycles. The maximum absolute atomic E-state index is 12.9. The fraction of sp³-hybridized carbons (Fsp3) is 0.414. The van der Waals surface area contributed by atoms with Gasteiger partial charge in [-0.1, -0.05) is 33.1 Å². The third kappa shape index (κ3) is 6.27. The zero-order valence-electron chi connectivity index (χ0n) is 22.5. The first-order valence-corrected chi connectivity index (χ1v) is 13.8. The van der Waals surface area contributed by atoms with Gasteiger partial charge < -0.3 is 10.3 Å². The standard InChI is InChI=1S/C29H34N8O2/c1-3-5-6-7-8-24(38)22-16-31-17-23-25(22)35-28(34-23)26-21-13-18(14-32-27(21)37-36-26)11-12-30-15-20(4-2)33-29(39)19-9-10-19/h12-17,19H,3-11H2,1-2H3,(H,33,39)(H,34,35)(H,32,36,37)/b20-15+,30-12-. The molecule has 1 aliphatic rings. The maximum atomic E-state index is 12.9. The number of carbonyl (C=O) groups is 2. The maximum Gasteiger partial charge on any atom is 0.227 e. The molecular weight excluding hydrogens is 492 g/mol. The van der Waals surface area contributed by atoms with Gasteiger partial charge in [-0.15, -0.1) is 0 Å². The van der Waals surface area contributed by atoms with E-state index in [-0.39, 0.29) is 17.6 Å². The molecule has 1 aliphatic carbocycles. The number of nitrogens with zero attached hydrogens (tertiary/aromatic N) is 5. The minimum atomic E-state index is 0.0600. The Bertz CT molecular complexity index is 1540.